The molecule has 2 aromatic carbocycles. The fourth-order valence-corrected chi connectivity index (χ4v) is 3.72. The highest BCUT2D eigenvalue weighted by Gasteiger charge is 2.20. The van der Waals surface area contributed by atoms with Crippen LogP contribution in [-0.2, 0) is 6.54 Å². The van der Waals surface area contributed by atoms with Crippen LogP contribution in [0.3, 0.4) is 0 Å². The lowest BCUT2D eigenvalue weighted by molar-refractivity contribution is 0.0441. The topological polar surface area (TPSA) is 105 Å². The summed E-state index contributed by atoms with van der Waals surface area (Å²) in [6.45, 7) is 4.65. The highest BCUT2D eigenvalue weighted by atomic mass is 16.5. The molecular weight excluding hydrogens is 394 g/mol. The van der Waals surface area contributed by atoms with Crippen LogP contribution >= 0.6 is 0 Å². The third-order valence-electron chi connectivity index (χ3n) is 5.39. The molecule has 0 saturated carbocycles. The average molecular weight is 419 g/mol. The summed E-state index contributed by atoms with van der Waals surface area (Å²) in [5.41, 5.74) is 1.18. The van der Waals surface area contributed by atoms with Gasteiger partial charge in [0.25, 0.3) is 5.56 Å². The molecule has 1 saturated heterocycles. The van der Waals surface area contributed by atoms with E-state index in [-0.39, 0.29) is 12.2 Å². The molecule has 0 spiro atoms. The van der Waals surface area contributed by atoms with Crippen molar-refractivity contribution in [3.63, 3.8) is 0 Å². The molecule has 1 aliphatic rings. The number of β-amino-alcohol motifs (C(OH)–C–C–N with tert-alkyl or cyclic N) is 1. The second-order valence-electron chi connectivity index (χ2n) is 7.71. The Morgan fingerprint density at radius 2 is 1.81 bits per heavy atom. The number of piperazine rings is 1. The highest BCUT2D eigenvalue weighted by molar-refractivity contribution is 5.77. The molecule has 0 aliphatic carbocycles. The van der Waals surface area contributed by atoms with Crippen molar-refractivity contribution in [1.82, 2.24) is 19.8 Å². The standard InChI is InChI=1S/C23H25N5O3/c24-13-17-5-7-19(8-6-17)31-16-18(29)14-27-9-11-28(12-10-27)15-22-25-21-4-2-1-3-20(21)23(30)26-22/h1-8,18,29H,9-12,14-16H2,(H,25,26,30). The molecule has 2 N–H and O–H groups in total. The molecule has 1 fully saturated rings. The summed E-state index contributed by atoms with van der Waals surface area (Å²) in [6.07, 6.45) is -0.597. The molecule has 160 valence electrons. The molecule has 2 heterocycles. The largest absolute Gasteiger partial charge is 0.491 e. The van der Waals surface area contributed by atoms with Gasteiger partial charge in [-0.3, -0.25) is 14.6 Å². The third kappa shape index (κ3) is 5.47. The highest BCUT2D eigenvalue weighted by Crippen LogP contribution is 2.13. The van der Waals surface area contributed by atoms with Gasteiger partial charge in [0.2, 0.25) is 0 Å². The van der Waals surface area contributed by atoms with E-state index in [0.29, 0.717) is 41.1 Å². The van der Waals surface area contributed by atoms with E-state index < -0.39 is 6.10 Å². The van der Waals surface area contributed by atoms with Crippen molar-refractivity contribution in [2.45, 2.75) is 12.6 Å². The lowest BCUT2D eigenvalue weighted by atomic mass is 10.2. The fourth-order valence-electron chi connectivity index (χ4n) is 3.72. The molecule has 8 heteroatoms. The van der Waals surface area contributed by atoms with Gasteiger partial charge in [0.15, 0.2) is 0 Å². The first kappa shape index (κ1) is 21.0. The lowest BCUT2D eigenvalue weighted by Crippen LogP contribution is -2.49. The number of hydrogen-bond donors (Lipinski definition) is 2. The summed E-state index contributed by atoms with van der Waals surface area (Å²) >= 11 is 0. The Morgan fingerprint density at radius 3 is 2.55 bits per heavy atom. The number of hydrogen-bond acceptors (Lipinski definition) is 7. The Balaban J connectivity index is 1.23. The van der Waals surface area contributed by atoms with Gasteiger partial charge in [-0.2, -0.15) is 5.26 Å². The van der Waals surface area contributed by atoms with Gasteiger partial charge >= 0.3 is 0 Å². The molecule has 4 rings (SSSR count). The van der Waals surface area contributed by atoms with Crippen molar-refractivity contribution in [2.75, 3.05) is 39.3 Å². The van der Waals surface area contributed by atoms with E-state index >= 15 is 0 Å². The van der Waals surface area contributed by atoms with Gasteiger partial charge in [-0.1, -0.05) is 12.1 Å². The molecule has 1 unspecified atom stereocenters. The average Bonchev–Trinajstić information content (AvgIpc) is 2.79. The van der Waals surface area contributed by atoms with E-state index in [1.165, 1.54) is 0 Å². The summed E-state index contributed by atoms with van der Waals surface area (Å²) in [5, 5.41) is 19.7. The molecule has 0 radical (unpaired) electrons. The summed E-state index contributed by atoms with van der Waals surface area (Å²) in [5.74, 6) is 1.31. The molecule has 0 amide bonds. The first-order chi connectivity index (χ1) is 15.1. The predicted octanol–water partition coefficient (Wildman–Crippen LogP) is 1.35. The smallest absolute Gasteiger partial charge is 0.258 e. The quantitative estimate of drug-likeness (QED) is 0.596. The van der Waals surface area contributed by atoms with Crippen LogP contribution in [0.4, 0.5) is 0 Å². The number of para-hydroxylation sites is 1. The molecule has 3 aromatic rings. The molecule has 31 heavy (non-hydrogen) atoms. The second kappa shape index (κ2) is 9.71. The summed E-state index contributed by atoms with van der Waals surface area (Å²) in [4.78, 5) is 24.2. The number of fused-ring (bicyclic) bond motifs is 1. The van der Waals surface area contributed by atoms with Gasteiger partial charge in [0.1, 0.15) is 24.3 Å². The number of aromatic nitrogens is 2. The van der Waals surface area contributed by atoms with E-state index in [2.05, 4.69) is 25.8 Å². The Hall–Kier alpha value is -3.25. The minimum Gasteiger partial charge on any atom is -0.491 e. The van der Waals surface area contributed by atoms with Crippen molar-refractivity contribution < 1.29 is 9.84 Å². The number of H-pyrrole nitrogens is 1. The van der Waals surface area contributed by atoms with Crippen LogP contribution in [0.25, 0.3) is 10.9 Å². The number of nitrogens with zero attached hydrogens (tertiary/aromatic N) is 4. The maximum atomic E-state index is 12.2. The maximum Gasteiger partial charge on any atom is 0.258 e. The van der Waals surface area contributed by atoms with Gasteiger partial charge in [-0.15, -0.1) is 0 Å². The molecule has 1 aliphatic heterocycles. The van der Waals surface area contributed by atoms with Crippen molar-refractivity contribution in [2.24, 2.45) is 0 Å². The minimum atomic E-state index is -0.597. The lowest BCUT2D eigenvalue weighted by Gasteiger charge is -2.35. The molecule has 0 bridgehead atoms. The van der Waals surface area contributed by atoms with Gasteiger partial charge in [0.05, 0.1) is 29.1 Å². The van der Waals surface area contributed by atoms with E-state index in [1.54, 1.807) is 30.3 Å². The zero-order valence-corrected chi connectivity index (χ0v) is 17.2. The molecular formula is C23H25N5O3. The van der Waals surface area contributed by atoms with Crippen LogP contribution in [0.5, 0.6) is 5.75 Å². The van der Waals surface area contributed by atoms with E-state index in [1.807, 2.05) is 18.2 Å². The van der Waals surface area contributed by atoms with Crippen molar-refractivity contribution in [3.05, 3.63) is 70.3 Å². The molecule has 8 nitrogen and oxygen atoms in total. The number of ether oxygens (including phenoxy) is 1. The number of nitrogens with one attached hydrogen (secondary N) is 1. The minimum absolute atomic E-state index is 0.107. The Bertz CT molecular complexity index is 1110. The Labute approximate surface area is 180 Å². The maximum absolute atomic E-state index is 12.2. The van der Waals surface area contributed by atoms with Crippen molar-refractivity contribution >= 4 is 10.9 Å². The van der Waals surface area contributed by atoms with Crippen molar-refractivity contribution in [3.8, 4) is 11.8 Å². The molecule has 1 aromatic heterocycles. The number of benzene rings is 2. The van der Waals surface area contributed by atoms with Gasteiger partial charge < -0.3 is 14.8 Å². The van der Waals surface area contributed by atoms with Crippen molar-refractivity contribution in [1.29, 1.82) is 5.26 Å². The first-order valence-electron chi connectivity index (χ1n) is 10.3. The summed E-state index contributed by atoms with van der Waals surface area (Å²) in [6, 6.07) is 16.3. The van der Waals surface area contributed by atoms with E-state index in [9.17, 15) is 9.90 Å². The fraction of sp³-hybridized carbons (Fsp3) is 0.348. The van der Waals surface area contributed by atoms with Gasteiger partial charge in [0, 0.05) is 32.7 Å². The van der Waals surface area contributed by atoms with Crippen LogP contribution in [-0.4, -0.2) is 70.3 Å². The Kier molecular flexibility index (Phi) is 6.57. The van der Waals surface area contributed by atoms with Crippen LogP contribution in [0, 0.1) is 11.3 Å². The summed E-state index contributed by atoms with van der Waals surface area (Å²) in [7, 11) is 0. The zero-order chi connectivity index (χ0) is 21.6. The molecule has 1 atom stereocenters. The zero-order valence-electron chi connectivity index (χ0n) is 17.2. The number of nitriles is 1. The normalized spacial score (nSPS) is 16.1. The van der Waals surface area contributed by atoms with Gasteiger partial charge in [-0.25, -0.2) is 4.98 Å². The number of aromatic amines is 1. The van der Waals surface area contributed by atoms with Gasteiger partial charge in [-0.05, 0) is 36.4 Å². The predicted molar refractivity (Wildman–Crippen MR) is 117 cm³/mol. The van der Waals surface area contributed by atoms with Crippen LogP contribution in [0.1, 0.15) is 11.4 Å². The van der Waals surface area contributed by atoms with E-state index in [4.69, 9.17) is 10.00 Å². The third-order valence-corrected chi connectivity index (χ3v) is 5.39. The monoisotopic (exact) mass is 419 g/mol. The Morgan fingerprint density at radius 1 is 1.10 bits per heavy atom. The number of aliphatic hydroxyl groups is 1. The van der Waals surface area contributed by atoms with Crippen LogP contribution in [0.2, 0.25) is 0 Å². The number of rotatable bonds is 7. The van der Waals surface area contributed by atoms with Crippen LogP contribution < -0.4 is 10.3 Å². The first-order valence-corrected chi connectivity index (χ1v) is 10.3. The SMILES string of the molecule is N#Cc1ccc(OCC(O)CN2CCN(Cc3nc4ccccc4c(=O)[nH]3)CC2)cc1. The second-order valence-corrected chi connectivity index (χ2v) is 7.71. The van der Waals surface area contributed by atoms with Crippen LogP contribution in [0.15, 0.2) is 53.3 Å². The number of aliphatic hydroxyl groups excluding tert-OH is 1. The van der Waals surface area contributed by atoms with E-state index in [0.717, 1.165) is 26.2 Å². The summed E-state index contributed by atoms with van der Waals surface area (Å²) < 4.78 is 5.62.